The Balaban J connectivity index is 1.77. The highest BCUT2D eigenvalue weighted by Crippen LogP contribution is 2.23. The third-order valence-corrected chi connectivity index (χ3v) is 2.84. The fourth-order valence-electron chi connectivity index (χ4n) is 1.85. The third-order valence-electron chi connectivity index (χ3n) is 2.84. The van der Waals surface area contributed by atoms with Gasteiger partial charge in [0.15, 0.2) is 0 Å². The van der Waals surface area contributed by atoms with Crippen molar-refractivity contribution < 1.29 is 37.7 Å². The maximum absolute atomic E-state index is 11.1. The van der Waals surface area contributed by atoms with Gasteiger partial charge in [0.1, 0.15) is 12.2 Å². The molecule has 0 N–H and O–H groups in total. The van der Waals surface area contributed by atoms with Crippen LogP contribution < -0.4 is 0 Å². The van der Waals surface area contributed by atoms with Gasteiger partial charge in [-0.05, 0) is 0 Å². The summed E-state index contributed by atoms with van der Waals surface area (Å²) in [5, 5.41) is 0. The minimum Gasteiger partial charge on any atom is -0.516 e. The fraction of sp³-hybridized carbons (Fsp3) is 0.500. The van der Waals surface area contributed by atoms with Crippen molar-refractivity contribution in [2.45, 2.75) is 12.2 Å². The van der Waals surface area contributed by atoms with Crippen LogP contribution in [0.3, 0.4) is 0 Å². The Morgan fingerprint density at radius 2 is 1.19 bits per heavy atom. The second kappa shape index (κ2) is 6.86. The van der Waals surface area contributed by atoms with E-state index in [0.29, 0.717) is 0 Å². The Morgan fingerprint density at radius 1 is 0.857 bits per heavy atom. The summed E-state index contributed by atoms with van der Waals surface area (Å²) in [5.74, 6) is -1.12. The lowest BCUT2D eigenvalue weighted by Crippen LogP contribution is -2.61. The van der Waals surface area contributed by atoms with Gasteiger partial charge in [-0.15, -0.1) is 0 Å². The lowest BCUT2D eigenvalue weighted by molar-refractivity contribution is -0.176. The molecule has 0 unspecified atom stereocenters. The molecule has 0 radical (unpaired) electrons. The predicted molar refractivity (Wildman–Crippen MR) is 69.7 cm³/mol. The Labute approximate surface area is 121 Å². The molecule has 1 spiro atoms. The molecule has 21 heavy (non-hydrogen) atoms. The highest BCUT2D eigenvalue weighted by Gasteiger charge is 2.42. The van der Waals surface area contributed by atoms with Crippen LogP contribution in [0.2, 0.25) is 0 Å². The van der Waals surface area contributed by atoms with E-state index in [2.05, 4.69) is 13.2 Å². The van der Waals surface area contributed by atoms with Crippen molar-refractivity contribution in [2.24, 2.45) is 0 Å². The molecule has 0 aromatic rings. The Bertz CT molecular complexity index is 377. The number of rotatable bonds is 4. The van der Waals surface area contributed by atoms with Gasteiger partial charge in [0.2, 0.25) is 0 Å². The van der Waals surface area contributed by atoms with Crippen LogP contribution in [0.4, 0.5) is 0 Å². The van der Waals surface area contributed by atoms with E-state index < -0.39 is 31.1 Å². The summed E-state index contributed by atoms with van der Waals surface area (Å²) in [4.78, 5) is 22.1. The molecule has 0 atom stereocenters. The van der Waals surface area contributed by atoms with E-state index in [1.807, 2.05) is 0 Å². The third kappa shape index (κ3) is 4.15. The topological polar surface area (TPSA) is 89.5 Å². The van der Waals surface area contributed by atoms with Crippen LogP contribution in [-0.4, -0.2) is 57.5 Å². The molecule has 2 aliphatic heterocycles. The van der Waals surface area contributed by atoms with Crippen molar-refractivity contribution >= 4 is 18.9 Å². The van der Waals surface area contributed by atoms with Crippen molar-refractivity contribution in [2.75, 3.05) is 26.4 Å². The van der Waals surface area contributed by atoms with Gasteiger partial charge in [0.25, 0.3) is 0 Å². The van der Waals surface area contributed by atoms with E-state index >= 15 is 0 Å². The highest BCUT2D eigenvalue weighted by atomic mass is 16.9. The molecule has 0 aromatic carbocycles. The number of hydrogen-bond acceptors (Lipinski definition) is 8. The maximum Gasteiger partial charge on any atom is 0.531 e. The summed E-state index contributed by atoms with van der Waals surface area (Å²) in [6, 6.07) is 0. The van der Waals surface area contributed by atoms with Crippen LogP contribution in [0.15, 0.2) is 25.3 Å². The average molecular weight is 299 g/mol. The molecule has 2 rings (SSSR count). The maximum atomic E-state index is 11.1. The first-order valence-electron chi connectivity index (χ1n) is 6.41. The van der Waals surface area contributed by atoms with Crippen LogP contribution in [0.1, 0.15) is 0 Å². The number of carbonyl (C=O) groups excluding carboxylic acids is 2. The molecule has 8 nitrogen and oxygen atoms in total. The predicted octanol–water partition coefficient (Wildman–Crippen LogP) is -0.289. The van der Waals surface area contributed by atoms with Gasteiger partial charge in [0.05, 0.1) is 0 Å². The van der Waals surface area contributed by atoms with Gasteiger partial charge >= 0.3 is 18.9 Å². The van der Waals surface area contributed by atoms with Crippen molar-refractivity contribution in [3.8, 4) is 0 Å². The Hall–Kier alpha value is -1.68. The van der Waals surface area contributed by atoms with Gasteiger partial charge in [-0.3, -0.25) is 0 Å². The molecule has 2 fully saturated rings. The van der Waals surface area contributed by atoms with E-state index in [1.165, 1.54) is 0 Å². The molecule has 0 aliphatic carbocycles. The summed E-state index contributed by atoms with van der Waals surface area (Å²) >= 11 is 0. The molecule has 2 heterocycles. The quantitative estimate of drug-likeness (QED) is 0.397. The van der Waals surface area contributed by atoms with Gasteiger partial charge in [-0.2, -0.15) is 0 Å². The fourth-order valence-corrected chi connectivity index (χ4v) is 1.85. The van der Waals surface area contributed by atoms with Crippen molar-refractivity contribution in [1.82, 2.24) is 0 Å². The number of carbonyl (C=O) groups is 2. The number of ether oxygens (including phenoxy) is 2. The molecule has 0 saturated carbocycles. The van der Waals surface area contributed by atoms with Gasteiger partial charge < -0.3 is 28.1 Å². The summed E-state index contributed by atoms with van der Waals surface area (Å²) in [5.41, 5.74) is 0. The van der Waals surface area contributed by atoms with E-state index in [4.69, 9.17) is 28.1 Å². The van der Waals surface area contributed by atoms with Crippen molar-refractivity contribution in [1.29, 1.82) is 0 Å². The molecule has 0 aromatic heterocycles. The first kappa shape index (κ1) is 15.7. The average Bonchev–Trinajstić information content (AvgIpc) is 2.52. The largest absolute Gasteiger partial charge is 0.531 e. The zero-order valence-corrected chi connectivity index (χ0v) is 11.4. The Kier molecular flexibility index (Phi) is 5.13. The summed E-state index contributed by atoms with van der Waals surface area (Å²) in [6.07, 6.45) is 1.02. The van der Waals surface area contributed by atoms with E-state index in [-0.39, 0.29) is 26.4 Å². The highest BCUT2D eigenvalue weighted by molar-refractivity contribution is 6.53. The van der Waals surface area contributed by atoms with Crippen LogP contribution in [0, 0.1) is 0 Å². The molecule has 9 heteroatoms. The van der Waals surface area contributed by atoms with E-state index in [1.54, 1.807) is 0 Å². The van der Waals surface area contributed by atoms with Crippen LogP contribution in [0.5, 0.6) is 0 Å². The van der Waals surface area contributed by atoms with Crippen LogP contribution in [-0.2, 0) is 37.7 Å². The molecule has 116 valence electrons. The van der Waals surface area contributed by atoms with Crippen LogP contribution >= 0.6 is 0 Å². The monoisotopic (exact) mass is 299 g/mol. The van der Waals surface area contributed by atoms with E-state index in [9.17, 15) is 9.59 Å². The minimum atomic E-state index is -2.35. The lowest BCUT2D eigenvalue weighted by atomic mass is 10.00. The first-order valence-corrected chi connectivity index (χ1v) is 6.41. The molecule has 2 aliphatic rings. The van der Waals surface area contributed by atoms with E-state index in [0.717, 1.165) is 12.2 Å². The molecular formula is C12H16BO8-. The second-order valence-electron chi connectivity index (χ2n) is 4.44. The standard InChI is InChI=1S/C12H16BO8/c1-3-11(14)20-9-5-16-13(17-6-9)18-7-10(8-19-13)21-12(15)4-2/h3-4,9-10H,1-2,5-8H2/q-1. The van der Waals surface area contributed by atoms with Crippen molar-refractivity contribution in [3.05, 3.63) is 25.3 Å². The summed E-state index contributed by atoms with van der Waals surface area (Å²) in [6.45, 7) is 4.57. The summed E-state index contributed by atoms with van der Waals surface area (Å²) in [7, 11) is 0. The van der Waals surface area contributed by atoms with Crippen molar-refractivity contribution in [3.63, 3.8) is 0 Å². The molecule has 0 amide bonds. The minimum absolute atomic E-state index is 0.0801. The van der Waals surface area contributed by atoms with Gasteiger partial charge in [-0.25, -0.2) is 9.59 Å². The number of esters is 2. The number of hydrogen-bond donors (Lipinski definition) is 0. The first-order chi connectivity index (χ1) is 10.1. The smallest absolute Gasteiger partial charge is 0.516 e. The van der Waals surface area contributed by atoms with Gasteiger partial charge in [0, 0.05) is 38.6 Å². The molecule has 2 saturated heterocycles. The summed E-state index contributed by atoms with van der Waals surface area (Å²) < 4.78 is 31.4. The second-order valence-corrected chi connectivity index (χ2v) is 4.44. The lowest BCUT2D eigenvalue weighted by Gasteiger charge is -2.49. The van der Waals surface area contributed by atoms with Gasteiger partial charge in [-0.1, -0.05) is 13.2 Å². The molecule has 0 bridgehead atoms. The molecular weight excluding hydrogens is 283 g/mol. The SMILES string of the molecule is C=CC(=O)OC1CO[B-]2(OC1)OCC(OC(=O)C=C)CO2. The van der Waals surface area contributed by atoms with Crippen LogP contribution in [0.25, 0.3) is 0 Å². The normalized spacial score (nSPS) is 32.2. The Morgan fingerprint density at radius 3 is 1.48 bits per heavy atom. The zero-order chi connectivity index (χ0) is 15.3. The zero-order valence-electron chi connectivity index (χ0n) is 11.4.